The number of nitrogens with one attached hydrogen (secondary N) is 1. The van der Waals surface area contributed by atoms with Crippen LogP contribution in [0.15, 0.2) is 30.3 Å². The average Bonchev–Trinajstić information content (AvgIpc) is 2.96. The predicted molar refractivity (Wildman–Crippen MR) is 88.4 cm³/mol. The van der Waals surface area contributed by atoms with E-state index in [1.165, 1.54) is 51.1 Å². The summed E-state index contributed by atoms with van der Waals surface area (Å²) in [5.74, 6) is 0.630. The fraction of sp³-hybridized carbons (Fsp3) is 0.667. The fourth-order valence-electron chi connectivity index (χ4n) is 4.17. The maximum Gasteiger partial charge on any atom is 0.0355 e. The Labute approximate surface area is 129 Å². The van der Waals surface area contributed by atoms with E-state index in [9.17, 15) is 0 Å². The summed E-state index contributed by atoms with van der Waals surface area (Å²) in [5.41, 5.74) is 1.41. The quantitative estimate of drug-likeness (QED) is 0.897. The Morgan fingerprint density at radius 3 is 2.76 bits per heavy atom. The summed E-state index contributed by atoms with van der Waals surface area (Å²) >= 11 is 0. The number of piperazine rings is 1. The van der Waals surface area contributed by atoms with Gasteiger partial charge in [-0.3, -0.25) is 4.90 Å². The molecule has 3 unspecified atom stereocenters. The molecule has 2 fully saturated rings. The molecule has 2 saturated heterocycles. The zero-order valence-electron chi connectivity index (χ0n) is 13.5. The van der Waals surface area contributed by atoms with Crippen molar-refractivity contribution >= 4 is 0 Å². The van der Waals surface area contributed by atoms with Gasteiger partial charge in [0.15, 0.2) is 0 Å². The van der Waals surface area contributed by atoms with Gasteiger partial charge in [0.25, 0.3) is 0 Å². The third kappa shape index (κ3) is 3.47. The van der Waals surface area contributed by atoms with Crippen molar-refractivity contribution in [2.24, 2.45) is 5.92 Å². The Balaban J connectivity index is 1.58. The highest BCUT2D eigenvalue weighted by Crippen LogP contribution is 2.25. The van der Waals surface area contributed by atoms with Crippen molar-refractivity contribution in [3.63, 3.8) is 0 Å². The van der Waals surface area contributed by atoms with Gasteiger partial charge in [0.05, 0.1) is 0 Å². The van der Waals surface area contributed by atoms with Crippen LogP contribution in [-0.2, 0) is 0 Å². The molecule has 1 aromatic carbocycles. The molecule has 0 bridgehead atoms. The highest BCUT2D eigenvalue weighted by atomic mass is 15.3. The zero-order valence-corrected chi connectivity index (χ0v) is 13.5. The van der Waals surface area contributed by atoms with Crippen molar-refractivity contribution < 1.29 is 0 Å². The normalized spacial score (nSPS) is 26.5. The van der Waals surface area contributed by atoms with E-state index in [0.717, 1.165) is 6.04 Å². The van der Waals surface area contributed by atoms with Crippen LogP contribution in [0.3, 0.4) is 0 Å². The molecular formula is C18H29N3. The van der Waals surface area contributed by atoms with Gasteiger partial charge in [-0.05, 0) is 37.9 Å². The standard InChI is InChI=1S/C18H29N3/c1-15(18(19-2)16-7-4-3-5-8-16)13-20-11-12-21-10-6-9-17(21)14-20/h3-5,7-8,15,17-19H,6,9-14H2,1-2H3. The molecule has 0 aromatic heterocycles. The molecule has 3 heteroatoms. The van der Waals surface area contributed by atoms with Crippen molar-refractivity contribution in [3.05, 3.63) is 35.9 Å². The lowest BCUT2D eigenvalue weighted by Gasteiger charge is -2.39. The smallest absolute Gasteiger partial charge is 0.0355 e. The molecule has 3 rings (SSSR count). The lowest BCUT2D eigenvalue weighted by atomic mass is 9.93. The van der Waals surface area contributed by atoms with Gasteiger partial charge < -0.3 is 10.2 Å². The minimum absolute atomic E-state index is 0.452. The summed E-state index contributed by atoms with van der Waals surface area (Å²) in [7, 11) is 2.09. The zero-order chi connectivity index (χ0) is 14.7. The van der Waals surface area contributed by atoms with Crippen molar-refractivity contribution in [3.8, 4) is 0 Å². The Kier molecular flexibility index (Phi) is 4.94. The van der Waals surface area contributed by atoms with Gasteiger partial charge in [0.1, 0.15) is 0 Å². The minimum atomic E-state index is 0.452. The number of rotatable bonds is 5. The fourth-order valence-corrected chi connectivity index (χ4v) is 4.17. The van der Waals surface area contributed by atoms with Crippen LogP contribution in [0.4, 0.5) is 0 Å². The van der Waals surface area contributed by atoms with Crippen LogP contribution in [0, 0.1) is 5.92 Å². The Hall–Kier alpha value is -0.900. The molecule has 2 aliphatic rings. The van der Waals surface area contributed by atoms with Crippen LogP contribution >= 0.6 is 0 Å². The number of benzene rings is 1. The van der Waals surface area contributed by atoms with Crippen molar-refractivity contribution in [2.75, 3.05) is 39.8 Å². The van der Waals surface area contributed by atoms with Crippen LogP contribution < -0.4 is 5.32 Å². The van der Waals surface area contributed by atoms with E-state index in [1.54, 1.807) is 0 Å². The van der Waals surface area contributed by atoms with E-state index < -0.39 is 0 Å². The Morgan fingerprint density at radius 1 is 1.19 bits per heavy atom. The second kappa shape index (κ2) is 6.91. The molecule has 0 spiro atoms. The lowest BCUT2D eigenvalue weighted by molar-refractivity contribution is 0.0885. The maximum atomic E-state index is 3.52. The molecule has 116 valence electrons. The van der Waals surface area contributed by atoms with E-state index in [0.29, 0.717) is 12.0 Å². The molecule has 0 amide bonds. The summed E-state index contributed by atoms with van der Waals surface area (Å²) in [6.45, 7) is 8.70. The summed E-state index contributed by atoms with van der Waals surface area (Å²) in [6.07, 6.45) is 2.80. The SMILES string of the molecule is CNC(c1ccccc1)C(C)CN1CCN2CCCC2C1. The van der Waals surface area contributed by atoms with Crippen LogP contribution in [0.5, 0.6) is 0 Å². The van der Waals surface area contributed by atoms with Crippen LogP contribution in [0.1, 0.15) is 31.4 Å². The second-order valence-corrected chi connectivity index (χ2v) is 6.75. The first-order valence-electron chi connectivity index (χ1n) is 8.46. The Morgan fingerprint density at radius 2 is 2.00 bits per heavy atom. The van der Waals surface area contributed by atoms with Crippen molar-refractivity contribution in [1.29, 1.82) is 0 Å². The molecule has 0 saturated carbocycles. The van der Waals surface area contributed by atoms with Gasteiger partial charge in [-0.25, -0.2) is 0 Å². The van der Waals surface area contributed by atoms with Gasteiger partial charge in [-0.15, -0.1) is 0 Å². The van der Waals surface area contributed by atoms with E-state index in [-0.39, 0.29) is 0 Å². The third-order valence-electron chi connectivity index (χ3n) is 5.26. The first-order chi connectivity index (χ1) is 10.3. The van der Waals surface area contributed by atoms with E-state index in [2.05, 4.69) is 59.4 Å². The predicted octanol–water partition coefficient (Wildman–Crippen LogP) is 2.36. The molecule has 3 atom stereocenters. The van der Waals surface area contributed by atoms with Gasteiger partial charge in [-0.1, -0.05) is 37.3 Å². The molecule has 1 N–H and O–H groups in total. The van der Waals surface area contributed by atoms with E-state index in [4.69, 9.17) is 0 Å². The summed E-state index contributed by atoms with van der Waals surface area (Å²) in [6, 6.07) is 12.1. The minimum Gasteiger partial charge on any atom is -0.313 e. The molecule has 2 heterocycles. The summed E-state index contributed by atoms with van der Waals surface area (Å²) in [5, 5.41) is 3.52. The van der Waals surface area contributed by atoms with Crippen LogP contribution in [-0.4, -0.2) is 55.6 Å². The van der Waals surface area contributed by atoms with Gasteiger partial charge in [0.2, 0.25) is 0 Å². The van der Waals surface area contributed by atoms with Gasteiger partial charge >= 0.3 is 0 Å². The number of hydrogen-bond acceptors (Lipinski definition) is 3. The maximum absolute atomic E-state index is 3.52. The highest BCUT2D eigenvalue weighted by Gasteiger charge is 2.31. The largest absolute Gasteiger partial charge is 0.313 e. The number of hydrogen-bond donors (Lipinski definition) is 1. The molecule has 1 aromatic rings. The van der Waals surface area contributed by atoms with Crippen LogP contribution in [0.2, 0.25) is 0 Å². The number of nitrogens with zero attached hydrogens (tertiary/aromatic N) is 2. The Bertz CT molecular complexity index is 433. The summed E-state index contributed by atoms with van der Waals surface area (Å²) in [4.78, 5) is 5.37. The topological polar surface area (TPSA) is 18.5 Å². The summed E-state index contributed by atoms with van der Waals surface area (Å²) < 4.78 is 0. The molecule has 3 nitrogen and oxygen atoms in total. The molecule has 0 radical (unpaired) electrons. The van der Waals surface area contributed by atoms with Crippen molar-refractivity contribution in [2.45, 2.75) is 31.8 Å². The number of fused-ring (bicyclic) bond motifs is 1. The van der Waals surface area contributed by atoms with Gasteiger partial charge in [-0.2, -0.15) is 0 Å². The highest BCUT2D eigenvalue weighted by molar-refractivity contribution is 5.19. The molecule has 0 aliphatic carbocycles. The van der Waals surface area contributed by atoms with E-state index in [1.807, 2.05) is 0 Å². The monoisotopic (exact) mass is 287 g/mol. The van der Waals surface area contributed by atoms with Crippen molar-refractivity contribution in [1.82, 2.24) is 15.1 Å². The van der Waals surface area contributed by atoms with E-state index >= 15 is 0 Å². The molecule has 21 heavy (non-hydrogen) atoms. The molecular weight excluding hydrogens is 258 g/mol. The van der Waals surface area contributed by atoms with Gasteiger partial charge in [0, 0.05) is 38.3 Å². The first-order valence-corrected chi connectivity index (χ1v) is 8.46. The lowest BCUT2D eigenvalue weighted by Crippen LogP contribution is -2.51. The first kappa shape index (κ1) is 15.0. The average molecular weight is 287 g/mol. The molecule has 2 aliphatic heterocycles. The second-order valence-electron chi connectivity index (χ2n) is 6.75. The third-order valence-corrected chi connectivity index (χ3v) is 5.26. The van der Waals surface area contributed by atoms with Crippen LogP contribution in [0.25, 0.3) is 0 Å².